The number of benzene rings is 1. The predicted octanol–water partition coefficient (Wildman–Crippen LogP) is 2.60. The van der Waals surface area contributed by atoms with E-state index in [1.807, 2.05) is 0 Å². The summed E-state index contributed by atoms with van der Waals surface area (Å²) in [5, 5.41) is 22.0. The molecule has 8 heteroatoms. The number of nitrogens with zero attached hydrogens (tertiary/aromatic N) is 3. The van der Waals surface area contributed by atoms with E-state index in [0.29, 0.717) is 17.1 Å². The van der Waals surface area contributed by atoms with Gasteiger partial charge in [0.15, 0.2) is 11.5 Å². The molecule has 0 saturated heterocycles. The van der Waals surface area contributed by atoms with Crippen molar-refractivity contribution in [1.29, 1.82) is 0 Å². The topological polar surface area (TPSA) is 107 Å². The molecule has 0 fully saturated rings. The molecule has 108 valence electrons. The number of aromatic nitrogens is 1. The molecule has 1 aromatic carbocycles. The van der Waals surface area contributed by atoms with Crippen molar-refractivity contribution >= 4 is 11.9 Å². The fourth-order valence-corrected chi connectivity index (χ4v) is 1.57. The molecule has 0 aliphatic carbocycles. The fraction of sp³-hybridized carbons (Fsp3) is 0.0769. The summed E-state index contributed by atoms with van der Waals surface area (Å²) in [5.74, 6) is 0.990. The number of oxime groups is 1. The van der Waals surface area contributed by atoms with Gasteiger partial charge in [0, 0.05) is 17.7 Å². The molecule has 1 heterocycles. The summed E-state index contributed by atoms with van der Waals surface area (Å²) < 4.78 is 10.7. The third-order valence-corrected chi connectivity index (χ3v) is 2.54. The van der Waals surface area contributed by atoms with E-state index in [4.69, 9.17) is 14.7 Å². The van der Waals surface area contributed by atoms with E-state index in [9.17, 15) is 10.1 Å². The van der Waals surface area contributed by atoms with E-state index < -0.39 is 4.92 Å². The first-order valence-corrected chi connectivity index (χ1v) is 5.78. The molecule has 0 aliphatic heterocycles. The molecule has 0 atom stereocenters. The molecule has 2 rings (SSSR count). The molecule has 2 aromatic rings. The van der Waals surface area contributed by atoms with Crippen molar-refractivity contribution < 1.29 is 19.6 Å². The van der Waals surface area contributed by atoms with Gasteiger partial charge in [0.25, 0.3) is 5.69 Å². The maximum Gasteiger partial charge on any atom is 0.287 e. The Morgan fingerprint density at radius 3 is 2.71 bits per heavy atom. The third kappa shape index (κ3) is 3.44. The summed E-state index contributed by atoms with van der Waals surface area (Å²) in [5.41, 5.74) is 0.502. The van der Waals surface area contributed by atoms with Gasteiger partial charge in [0.2, 0.25) is 5.88 Å². The molecular weight excluding hydrogens is 278 g/mol. The molecule has 1 N–H and O–H groups in total. The van der Waals surface area contributed by atoms with Crippen LogP contribution in [0.2, 0.25) is 0 Å². The smallest absolute Gasteiger partial charge is 0.287 e. The number of hydrogen-bond acceptors (Lipinski definition) is 7. The minimum absolute atomic E-state index is 0.121. The van der Waals surface area contributed by atoms with E-state index in [0.717, 1.165) is 6.20 Å². The van der Waals surface area contributed by atoms with Crippen LogP contribution in [0.25, 0.3) is 0 Å². The normalized spacial score (nSPS) is 10.5. The molecule has 1 aromatic heterocycles. The zero-order chi connectivity index (χ0) is 15.2. The van der Waals surface area contributed by atoms with Gasteiger partial charge in [-0.1, -0.05) is 5.16 Å². The Kier molecular flexibility index (Phi) is 4.30. The number of hydrogen-bond donors (Lipinski definition) is 1. The minimum Gasteiger partial charge on any atom is -0.493 e. The van der Waals surface area contributed by atoms with Crippen LogP contribution in [0.15, 0.2) is 41.7 Å². The summed E-state index contributed by atoms with van der Waals surface area (Å²) in [6.45, 7) is 0. The Morgan fingerprint density at radius 1 is 1.33 bits per heavy atom. The van der Waals surface area contributed by atoms with Crippen molar-refractivity contribution in [2.75, 3.05) is 7.11 Å². The largest absolute Gasteiger partial charge is 0.493 e. The monoisotopic (exact) mass is 289 g/mol. The molecule has 21 heavy (non-hydrogen) atoms. The first kappa shape index (κ1) is 14.3. The molecule has 0 spiro atoms. The van der Waals surface area contributed by atoms with Crippen molar-refractivity contribution in [3.05, 3.63) is 52.2 Å². The first-order valence-electron chi connectivity index (χ1n) is 5.78. The van der Waals surface area contributed by atoms with E-state index >= 15 is 0 Å². The first-order chi connectivity index (χ1) is 10.1. The summed E-state index contributed by atoms with van der Waals surface area (Å²) in [6, 6.07) is 7.56. The van der Waals surface area contributed by atoms with E-state index in [1.54, 1.807) is 18.2 Å². The second-order valence-corrected chi connectivity index (χ2v) is 3.87. The van der Waals surface area contributed by atoms with Gasteiger partial charge in [-0.3, -0.25) is 10.1 Å². The Balaban J connectivity index is 2.24. The van der Waals surface area contributed by atoms with Gasteiger partial charge in [0.1, 0.15) is 6.20 Å². The minimum atomic E-state index is -0.541. The van der Waals surface area contributed by atoms with Gasteiger partial charge in [-0.15, -0.1) is 0 Å². The average Bonchev–Trinajstić information content (AvgIpc) is 2.49. The summed E-state index contributed by atoms with van der Waals surface area (Å²) in [7, 11) is 1.46. The van der Waals surface area contributed by atoms with Crippen LogP contribution in [-0.2, 0) is 0 Å². The third-order valence-electron chi connectivity index (χ3n) is 2.54. The van der Waals surface area contributed by atoms with Crippen LogP contribution in [-0.4, -0.2) is 28.4 Å². The van der Waals surface area contributed by atoms with Crippen LogP contribution in [0.1, 0.15) is 5.56 Å². The summed E-state index contributed by atoms with van der Waals surface area (Å²) >= 11 is 0. The van der Waals surface area contributed by atoms with Crippen molar-refractivity contribution in [2.24, 2.45) is 5.16 Å². The van der Waals surface area contributed by atoms with Crippen LogP contribution < -0.4 is 9.47 Å². The lowest BCUT2D eigenvalue weighted by molar-refractivity contribution is -0.385. The molecule has 0 unspecified atom stereocenters. The van der Waals surface area contributed by atoms with Crippen molar-refractivity contribution in [2.45, 2.75) is 0 Å². The maximum absolute atomic E-state index is 10.5. The van der Waals surface area contributed by atoms with Crippen molar-refractivity contribution in [1.82, 2.24) is 4.98 Å². The highest BCUT2D eigenvalue weighted by atomic mass is 16.6. The molecule has 8 nitrogen and oxygen atoms in total. The standard InChI is InChI=1S/C13H11N3O5/c1-20-12-6-9(7-15-17)2-4-11(12)21-13-5-3-10(8-14-13)16(18)19/h2-8,17H,1H3. The highest BCUT2D eigenvalue weighted by Crippen LogP contribution is 2.31. The zero-order valence-corrected chi connectivity index (χ0v) is 11.0. The quantitative estimate of drug-likeness (QED) is 0.392. The molecule has 0 saturated carbocycles. The average molecular weight is 289 g/mol. The van der Waals surface area contributed by atoms with Crippen molar-refractivity contribution in [3.8, 4) is 17.4 Å². The van der Waals surface area contributed by atoms with Gasteiger partial charge in [0.05, 0.1) is 18.2 Å². The molecule has 0 aliphatic rings. The molecular formula is C13H11N3O5. The summed E-state index contributed by atoms with van der Waals surface area (Å²) in [4.78, 5) is 13.8. The second kappa shape index (κ2) is 6.33. The van der Waals surface area contributed by atoms with Crippen LogP contribution in [0.4, 0.5) is 5.69 Å². The van der Waals surface area contributed by atoms with E-state index in [1.165, 1.54) is 25.5 Å². The van der Waals surface area contributed by atoms with Gasteiger partial charge in [-0.05, 0) is 18.2 Å². The highest BCUT2D eigenvalue weighted by molar-refractivity contribution is 5.80. The van der Waals surface area contributed by atoms with E-state index in [2.05, 4.69) is 10.1 Å². The summed E-state index contributed by atoms with van der Waals surface area (Å²) in [6.07, 6.45) is 2.35. The lowest BCUT2D eigenvalue weighted by Crippen LogP contribution is -1.94. The van der Waals surface area contributed by atoms with Crippen molar-refractivity contribution in [3.63, 3.8) is 0 Å². The lowest BCUT2D eigenvalue weighted by atomic mass is 10.2. The van der Waals surface area contributed by atoms with Gasteiger partial charge in [-0.2, -0.15) is 0 Å². The Morgan fingerprint density at radius 2 is 2.14 bits per heavy atom. The molecule has 0 bridgehead atoms. The van der Waals surface area contributed by atoms with Crippen LogP contribution in [0.5, 0.6) is 17.4 Å². The van der Waals surface area contributed by atoms with Gasteiger partial charge < -0.3 is 14.7 Å². The Labute approximate surface area is 119 Å². The highest BCUT2D eigenvalue weighted by Gasteiger charge is 2.10. The molecule has 0 radical (unpaired) electrons. The lowest BCUT2D eigenvalue weighted by Gasteiger charge is -2.09. The number of methoxy groups -OCH3 is 1. The Hall–Kier alpha value is -3.16. The van der Waals surface area contributed by atoms with Crippen LogP contribution in [0, 0.1) is 10.1 Å². The van der Waals surface area contributed by atoms with Gasteiger partial charge in [-0.25, -0.2) is 4.98 Å². The molecule has 0 amide bonds. The van der Waals surface area contributed by atoms with E-state index in [-0.39, 0.29) is 11.6 Å². The van der Waals surface area contributed by atoms with Crippen LogP contribution >= 0.6 is 0 Å². The fourth-order valence-electron chi connectivity index (χ4n) is 1.57. The number of ether oxygens (including phenoxy) is 2. The predicted molar refractivity (Wildman–Crippen MR) is 73.3 cm³/mol. The Bertz CT molecular complexity index is 670. The maximum atomic E-state index is 10.5. The van der Waals surface area contributed by atoms with Crippen LogP contribution in [0.3, 0.4) is 0 Å². The van der Waals surface area contributed by atoms with Gasteiger partial charge >= 0.3 is 0 Å². The number of nitro groups is 1. The second-order valence-electron chi connectivity index (χ2n) is 3.87. The number of pyridine rings is 1. The number of rotatable bonds is 5. The SMILES string of the molecule is COc1cc(C=NO)ccc1Oc1ccc([N+](=O)[O-])cn1. The zero-order valence-electron chi connectivity index (χ0n) is 11.0.